The van der Waals surface area contributed by atoms with E-state index in [1.54, 1.807) is 0 Å². The molecule has 0 saturated carbocycles. The molecule has 0 fully saturated rings. The largest absolute Gasteiger partial charge is 0.481 e. The van der Waals surface area contributed by atoms with E-state index in [0.29, 0.717) is 6.42 Å². The van der Waals surface area contributed by atoms with E-state index in [2.05, 4.69) is 6.92 Å². The van der Waals surface area contributed by atoms with Crippen molar-refractivity contribution in [2.24, 2.45) is 5.92 Å². The highest BCUT2D eigenvalue weighted by Gasteiger charge is 2.16. The zero-order valence-corrected chi connectivity index (χ0v) is 9.15. The monoisotopic (exact) mass is 206 g/mol. The van der Waals surface area contributed by atoms with E-state index >= 15 is 0 Å². The van der Waals surface area contributed by atoms with Crippen LogP contribution in [-0.4, -0.2) is 11.1 Å². The second-order valence-electron chi connectivity index (χ2n) is 3.87. The summed E-state index contributed by atoms with van der Waals surface area (Å²) in [4.78, 5) is 11.0. The molecule has 0 aliphatic heterocycles. The molecule has 82 valence electrons. The van der Waals surface area contributed by atoms with Gasteiger partial charge >= 0.3 is 5.97 Å². The molecular formula is C13H18O2. The number of rotatable bonds is 6. The molecule has 0 radical (unpaired) electrons. The Hall–Kier alpha value is -1.31. The van der Waals surface area contributed by atoms with Gasteiger partial charge in [0.15, 0.2) is 0 Å². The lowest BCUT2D eigenvalue weighted by Crippen LogP contribution is -2.16. The summed E-state index contributed by atoms with van der Waals surface area (Å²) >= 11 is 0. The first-order valence-corrected chi connectivity index (χ1v) is 5.50. The molecular weight excluding hydrogens is 188 g/mol. The fourth-order valence-corrected chi connectivity index (χ4v) is 1.66. The smallest absolute Gasteiger partial charge is 0.306 e. The minimum absolute atomic E-state index is 0.229. The van der Waals surface area contributed by atoms with Gasteiger partial charge in [0.2, 0.25) is 0 Å². The van der Waals surface area contributed by atoms with Gasteiger partial charge in [-0.2, -0.15) is 0 Å². The third kappa shape index (κ3) is 4.15. The van der Waals surface area contributed by atoms with Gasteiger partial charge < -0.3 is 5.11 Å². The van der Waals surface area contributed by atoms with Gasteiger partial charge in [-0.1, -0.05) is 50.1 Å². The highest BCUT2D eigenvalue weighted by Crippen LogP contribution is 2.15. The lowest BCUT2D eigenvalue weighted by atomic mass is 9.94. The molecule has 0 saturated heterocycles. The maximum absolute atomic E-state index is 11.0. The summed E-state index contributed by atoms with van der Waals surface area (Å²) in [5.74, 6) is -0.903. The van der Waals surface area contributed by atoms with E-state index < -0.39 is 5.97 Å². The number of benzene rings is 1. The van der Waals surface area contributed by atoms with Crippen molar-refractivity contribution in [2.75, 3.05) is 0 Å². The van der Waals surface area contributed by atoms with Crippen molar-refractivity contribution in [1.29, 1.82) is 0 Å². The number of aliphatic carboxylic acids is 1. The van der Waals surface area contributed by atoms with Crippen molar-refractivity contribution < 1.29 is 9.90 Å². The molecule has 0 spiro atoms. The number of hydrogen-bond donors (Lipinski definition) is 1. The van der Waals surface area contributed by atoms with E-state index in [4.69, 9.17) is 5.11 Å². The highest BCUT2D eigenvalue weighted by molar-refractivity contribution is 5.70. The normalized spacial score (nSPS) is 12.3. The summed E-state index contributed by atoms with van der Waals surface area (Å²) in [6.45, 7) is 2.08. The zero-order chi connectivity index (χ0) is 11.1. The minimum Gasteiger partial charge on any atom is -0.481 e. The molecule has 0 aliphatic carbocycles. The van der Waals surface area contributed by atoms with Crippen molar-refractivity contribution in [2.45, 2.75) is 32.6 Å². The predicted molar refractivity (Wildman–Crippen MR) is 60.8 cm³/mol. The molecule has 1 aromatic carbocycles. The second kappa shape index (κ2) is 6.23. The van der Waals surface area contributed by atoms with Crippen molar-refractivity contribution in [1.82, 2.24) is 0 Å². The van der Waals surface area contributed by atoms with Gasteiger partial charge in [0, 0.05) is 0 Å². The Morgan fingerprint density at radius 1 is 1.33 bits per heavy atom. The van der Waals surface area contributed by atoms with Crippen molar-refractivity contribution in [3.8, 4) is 0 Å². The van der Waals surface area contributed by atoms with Crippen LogP contribution in [0.1, 0.15) is 31.7 Å². The predicted octanol–water partition coefficient (Wildman–Crippen LogP) is 3.12. The minimum atomic E-state index is -0.674. The van der Waals surface area contributed by atoms with Crippen LogP contribution in [0, 0.1) is 5.92 Å². The molecule has 0 aliphatic rings. The van der Waals surface area contributed by atoms with Crippen LogP contribution in [0.5, 0.6) is 0 Å². The number of carbonyl (C=O) groups is 1. The van der Waals surface area contributed by atoms with Crippen molar-refractivity contribution >= 4 is 5.97 Å². The summed E-state index contributed by atoms with van der Waals surface area (Å²) in [6, 6.07) is 9.83. The highest BCUT2D eigenvalue weighted by atomic mass is 16.4. The van der Waals surface area contributed by atoms with Gasteiger partial charge in [-0.3, -0.25) is 4.79 Å². The summed E-state index contributed by atoms with van der Waals surface area (Å²) in [7, 11) is 0. The van der Waals surface area contributed by atoms with E-state index in [-0.39, 0.29) is 5.92 Å². The quantitative estimate of drug-likeness (QED) is 0.776. The van der Waals surface area contributed by atoms with Gasteiger partial charge in [-0.05, 0) is 18.4 Å². The standard InChI is InChI=1S/C13H18O2/c1-2-3-9-12(13(14)15)10-11-7-5-4-6-8-11/h4-8,12H,2-3,9-10H2,1H3,(H,14,15)/t12-/m0/s1. The lowest BCUT2D eigenvalue weighted by Gasteiger charge is -2.11. The zero-order valence-electron chi connectivity index (χ0n) is 9.15. The number of carboxylic acid groups (broad SMARTS) is 1. The van der Waals surface area contributed by atoms with Crippen LogP contribution in [0.2, 0.25) is 0 Å². The van der Waals surface area contributed by atoms with Crippen LogP contribution in [-0.2, 0) is 11.2 Å². The third-order valence-electron chi connectivity index (χ3n) is 2.58. The van der Waals surface area contributed by atoms with Gasteiger partial charge in [0.1, 0.15) is 0 Å². The first-order valence-electron chi connectivity index (χ1n) is 5.50. The van der Waals surface area contributed by atoms with Crippen molar-refractivity contribution in [3.63, 3.8) is 0 Å². The van der Waals surface area contributed by atoms with Gasteiger partial charge in [-0.25, -0.2) is 0 Å². The van der Waals surface area contributed by atoms with Crippen LogP contribution in [0.15, 0.2) is 30.3 Å². The number of unbranched alkanes of at least 4 members (excludes halogenated alkanes) is 1. The summed E-state index contributed by atoms with van der Waals surface area (Å²) < 4.78 is 0. The Bertz CT molecular complexity index is 293. The van der Waals surface area contributed by atoms with Crippen LogP contribution < -0.4 is 0 Å². The molecule has 0 bridgehead atoms. The summed E-state index contributed by atoms with van der Waals surface area (Å²) in [5, 5.41) is 9.06. The SMILES string of the molecule is CCCC[C@@H](Cc1ccccc1)C(=O)O. The van der Waals surface area contributed by atoms with Gasteiger partial charge in [-0.15, -0.1) is 0 Å². The third-order valence-corrected chi connectivity index (χ3v) is 2.58. The molecule has 1 rings (SSSR count). The molecule has 0 amide bonds. The van der Waals surface area contributed by atoms with E-state index in [0.717, 1.165) is 24.8 Å². The molecule has 1 aromatic rings. The average Bonchev–Trinajstić information content (AvgIpc) is 2.25. The summed E-state index contributed by atoms with van der Waals surface area (Å²) in [6.07, 6.45) is 3.47. The fourth-order valence-electron chi connectivity index (χ4n) is 1.66. The number of carboxylic acids is 1. The van der Waals surface area contributed by atoms with Crippen LogP contribution >= 0.6 is 0 Å². The van der Waals surface area contributed by atoms with Crippen molar-refractivity contribution in [3.05, 3.63) is 35.9 Å². The van der Waals surface area contributed by atoms with E-state index in [1.165, 1.54) is 0 Å². The Balaban J connectivity index is 2.55. The molecule has 1 N–H and O–H groups in total. The van der Waals surface area contributed by atoms with Crippen LogP contribution in [0.4, 0.5) is 0 Å². The Morgan fingerprint density at radius 3 is 2.53 bits per heavy atom. The van der Waals surface area contributed by atoms with Gasteiger partial charge in [0.25, 0.3) is 0 Å². The Morgan fingerprint density at radius 2 is 2.00 bits per heavy atom. The Kier molecular flexibility index (Phi) is 4.88. The van der Waals surface area contributed by atoms with E-state index in [9.17, 15) is 4.79 Å². The molecule has 2 nitrogen and oxygen atoms in total. The second-order valence-corrected chi connectivity index (χ2v) is 3.87. The maximum Gasteiger partial charge on any atom is 0.306 e. The van der Waals surface area contributed by atoms with Crippen LogP contribution in [0.3, 0.4) is 0 Å². The molecule has 15 heavy (non-hydrogen) atoms. The molecule has 0 heterocycles. The van der Waals surface area contributed by atoms with Crippen LogP contribution in [0.25, 0.3) is 0 Å². The molecule has 1 atom stereocenters. The number of hydrogen-bond acceptors (Lipinski definition) is 1. The lowest BCUT2D eigenvalue weighted by molar-refractivity contribution is -0.141. The molecule has 2 heteroatoms. The fraction of sp³-hybridized carbons (Fsp3) is 0.462. The maximum atomic E-state index is 11.0. The first kappa shape index (κ1) is 11.8. The molecule has 0 unspecified atom stereocenters. The molecule has 0 aromatic heterocycles. The Labute approximate surface area is 90.9 Å². The van der Waals surface area contributed by atoms with Gasteiger partial charge in [0.05, 0.1) is 5.92 Å². The summed E-state index contributed by atoms with van der Waals surface area (Å²) in [5.41, 5.74) is 1.11. The topological polar surface area (TPSA) is 37.3 Å². The van der Waals surface area contributed by atoms with E-state index in [1.807, 2.05) is 30.3 Å². The average molecular weight is 206 g/mol. The first-order chi connectivity index (χ1) is 7.24.